The number of nitrogens with one attached hydrogen (secondary N) is 2. The van der Waals surface area contributed by atoms with E-state index in [4.69, 9.17) is 0 Å². The van der Waals surface area contributed by atoms with E-state index in [1.807, 2.05) is 12.1 Å². The normalized spacial score (nSPS) is 16.3. The first-order chi connectivity index (χ1) is 13.5. The summed E-state index contributed by atoms with van der Waals surface area (Å²) < 4.78 is 0.911. The van der Waals surface area contributed by atoms with E-state index in [2.05, 4.69) is 32.6 Å². The molecule has 3 rings (SSSR count). The molecular weight excluding hydrogens is 442 g/mol. The summed E-state index contributed by atoms with van der Waals surface area (Å²) >= 11 is 4.46. The highest BCUT2D eigenvalue weighted by Gasteiger charge is 2.29. The number of nitriles is 1. The summed E-state index contributed by atoms with van der Waals surface area (Å²) in [5, 5.41) is 25.0. The molecule has 0 saturated heterocycles. The van der Waals surface area contributed by atoms with Crippen LogP contribution in [0.3, 0.4) is 0 Å². The maximum Gasteiger partial charge on any atom is 0.234 e. The van der Waals surface area contributed by atoms with Crippen LogP contribution in [0.25, 0.3) is 0 Å². The fraction of sp³-hybridized carbons (Fsp3) is 0.150. The van der Waals surface area contributed by atoms with E-state index in [0.717, 1.165) is 21.8 Å². The second-order valence-electron chi connectivity index (χ2n) is 6.09. The van der Waals surface area contributed by atoms with Crippen LogP contribution in [-0.2, 0) is 9.59 Å². The summed E-state index contributed by atoms with van der Waals surface area (Å²) in [4.78, 5) is 24.3. The van der Waals surface area contributed by atoms with Crippen LogP contribution in [0.4, 0.5) is 5.69 Å². The molecule has 0 radical (unpaired) electrons. The molecule has 0 spiro atoms. The lowest BCUT2D eigenvalue weighted by Gasteiger charge is -2.25. The number of thioether (sulfide) groups is 1. The Morgan fingerprint density at radius 2 is 1.93 bits per heavy atom. The molecule has 0 fully saturated rings. The predicted molar refractivity (Wildman–Crippen MR) is 111 cm³/mol. The second kappa shape index (κ2) is 8.95. The molecule has 28 heavy (non-hydrogen) atoms. The second-order valence-corrected chi connectivity index (χ2v) is 8.00. The fourth-order valence-electron chi connectivity index (χ4n) is 2.79. The fourth-order valence-corrected chi connectivity index (χ4v) is 3.93. The minimum absolute atomic E-state index is 0.0547. The molecule has 0 saturated carbocycles. The number of benzene rings is 2. The van der Waals surface area contributed by atoms with Gasteiger partial charge in [0.05, 0.1) is 22.4 Å². The van der Waals surface area contributed by atoms with Gasteiger partial charge in [0, 0.05) is 22.5 Å². The number of amides is 2. The molecule has 6 nitrogen and oxygen atoms in total. The van der Waals surface area contributed by atoms with Crippen LogP contribution >= 0.6 is 27.7 Å². The lowest BCUT2D eigenvalue weighted by Crippen LogP contribution is -2.31. The zero-order valence-corrected chi connectivity index (χ0v) is 17.0. The zero-order valence-electron chi connectivity index (χ0n) is 14.6. The average molecular weight is 458 g/mol. The molecule has 1 aliphatic rings. The lowest BCUT2D eigenvalue weighted by atomic mass is 9.87. The topological polar surface area (TPSA) is 102 Å². The van der Waals surface area contributed by atoms with Crippen molar-refractivity contribution in [3.8, 4) is 11.8 Å². The number of rotatable bonds is 5. The number of anilines is 1. The quantitative estimate of drug-likeness (QED) is 0.632. The van der Waals surface area contributed by atoms with Crippen LogP contribution in [-0.4, -0.2) is 22.7 Å². The third kappa shape index (κ3) is 4.94. The lowest BCUT2D eigenvalue weighted by molar-refractivity contribution is -0.121. The van der Waals surface area contributed by atoms with Gasteiger partial charge in [0.1, 0.15) is 5.75 Å². The van der Waals surface area contributed by atoms with Crippen molar-refractivity contribution in [1.29, 1.82) is 5.26 Å². The number of hydrogen-bond acceptors (Lipinski definition) is 5. The smallest absolute Gasteiger partial charge is 0.234 e. The first-order valence-corrected chi connectivity index (χ1v) is 10.2. The van der Waals surface area contributed by atoms with Crippen molar-refractivity contribution in [2.24, 2.45) is 0 Å². The van der Waals surface area contributed by atoms with Gasteiger partial charge in [-0.05, 0) is 42.0 Å². The van der Waals surface area contributed by atoms with Gasteiger partial charge in [-0.3, -0.25) is 9.59 Å². The van der Waals surface area contributed by atoms with Crippen LogP contribution in [0.1, 0.15) is 17.9 Å². The highest BCUT2D eigenvalue weighted by atomic mass is 79.9. The van der Waals surface area contributed by atoms with Gasteiger partial charge in [-0.25, -0.2) is 0 Å². The van der Waals surface area contributed by atoms with Gasteiger partial charge in [-0.2, -0.15) is 5.26 Å². The molecule has 0 unspecified atom stereocenters. The van der Waals surface area contributed by atoms with Crippen molar-refractivity contribution in [1.82, 2.24) is 5.32 Å². The summed E-state index contributed by atoms with van der Waals surface area (Å²) in [6, 6.07) is 15.8. The molecule has 2 amide bonds. The number of phenolic OH excluding ortho intramolecular Hbond substituents is 1. The summed E-state index contributed by atoms with van der Waals surface area (Å²) in [6.45, 7) is 0. The number of hydrogen-bond donors (Lipinski definition) is 3. The predicted octanol–water partition coefficient (Wildman–Crippen LogP) is 3.87. The summed E-state index contributed by atoms with van der Waals surface area (Å²) in [5.41, 5.74) is 1.84. The minimum atomic E-state index is -0.406. The van der Waals surface area contributed by atoms with Crippen LogP contribution < -0.4 is 10.6 Å². The number of nitrogens with zero attached hydrogens (tertiary/aromatic N) is 1. The van der Waals surface area contributed by atoms with Crippen molar-refractivity contribution >= 4 is 45.2 Å². The Labute approximate surface area is 174 Å². The van der Waals surface area contributed by atoms with E-state index in [9.17, 15) is 20.0 Å². The van der Waals surface area contributed by atoms with Gasteiger partial charge in [0.2, 0.25) is 11.8 Å². The number of aromatic hydroxyl groups is 1. The molecule has 0 bridgehead atoms. The maximum absolute atomic E-state index is 12.2. The Kier molecular flexibility index (Phi) is 6.39. The molecule has 142 valence electrons. The van der Waals surface area contributed by atoms with E-state index in [-0.39, 0.29) is 29.7 Å². The Bertz CT molecular complexity index is 966. The van der Waals surface area contributed by atoms with Gasteiger partial charge < -0.3 is 15.7 Å². The third-order valence-electron chi connectivity index (χ3n) is 4.13. The van der Waals surface area contributed by atoms with Crippen molar-refractivity contribution in [2.45, 2.75) is 12.3 Å². The summed E-state index contributed by atoms with van der Waals surface area (Å²) in [7, 11) is 0. The molecule has 8 heteroatoms. The number of allylic oxidation sites excluding steroid dienone is 1. The molecule has 0 aliphatic carbocycles. The maximum atomic E-state index is 12.2. The molecular formula is C20H16BrN3O3S. The van der Waals surface area contributed by atoms with Crippen LogP contribution in [0.5, 0.6) is 5.75 Å². The zero-order chi connectivity index (χ0) is 20.1. The number of carbonyl (C=O) groups excluding carboxylic acids is 2. The van der Waals surface area contributed by atoms with Gasteiger partial charge in [0.25, 0.3) is 0 Å². The Morgan fingerprint density at radius 1 is 1.25 bits per heavy atom. The number of carbonyl (C=O) groups is 2. The van der Waals surface area contributed by atoms with Crippen molar-refractivity contribution in [2.75, 3.05) is 11.1 Å². The molecule has 1 aliphatic heterocycles. The van der Waals surface area contributed by atoms with E-state index < -0.39 is 5.92 Å². The Balaban J connectivity index is 1.73. The van der Waals surface area contributed by atoms with E-state index in [1.54, 1.807) is 24.3 Å². The van der Waals surface area contributed by atoms with E-state index >= 15 is 0 Å². The first-order valence-electron chi connectivity index (χ1n) is 8.37. The monoisotopic (exact) mass is 457 g/mol. The minimum Gasteiger partial charge on any atom is -0.508 e. The molecule has 0 aromatic heterocycles. The van der Waals surface area contributed by atoms with Crippen molar-refractivity contribution < 1.29 is 14.7 Å². The first kappa shape index (κ1) is 20.0. The highest BCUT2D eigenvalue weighted by molar-refractivity contribution is 9.10. The van der Waals surface area contributed by atoms with E-state index in [1.165, 1.54) is 12.1 Å². The summed E-state index contributed by atoms with van der Waals surface area (Å²) in [5.74, 6) is -0.688. The van der Waals surface area contributed by atoms with Gasteiger partial charge in [-0.15, -0.1) is 0 Å². The largest absolute Gasteiger partial charge is 0.508 e. The number of phenols is 1. The van der Waals surface area contributed by atoms with Crippen LogP contribution in [0.15, 0.2) is 63.6 Å². The van der Waals surface area contributed by atoms with Crippen LogP contribution in [0, 0.1) is 11.3 Å². The standard InChI is InChI=1S/C20H16BrN3O3S/c21-13-3-5-14(6-4-13)23-19(27)11-28-20-17(10-22)16(9-18(26)24-20)12-1-7-15(25)8-2-12/h1-8,16,25H,9,11H2,(H,23,27)(H,24,26)/t16-/m0/s1. The van der Waals surface area contributed by atoms with Crippen molar-refractivity contribution in [3.05, 3.63) is 69.2 Å². The van der Waals surface area contributed by atoms with E-state index in [0.29, 0.717) is 16.3 Å². The molecule has 1 heterocycles. The summed E-state index contributed by atoms with van der Waals surface area (Å²) in [6.07, 6.45) is 0.142. The van der Waals surface area contributed by atoms with Crippen LogP contribution in [0.2, 0.25) is 0 Å². The van der Waals surface area contributed by atoms with Crippen molar-refractivity contribution in [3.63, 3.8) is 0 Å². The van der Waals surface area contributed by atoms with Gasteiger partial charge >= 0.3 is 0 Å². The molecule has 1 atom stereocenters. The average Bonchev–Trinajstić information content (AvgIpc) is 2.68. The third-order valence-corrected chi connectivity index (χ3v) is 5.67. The number of halogens is 1. The molecule has 2 aromatic carbocycles. The van der Waals surface area contributed by atoms with Gasteiger partial charge in [0.15, 0.2) is 0 Å². The highest BCUT2D eigenvalue weighted by Crippen LogP contribution is 2.36. The SMILES string of the molecule is N#CC1=C(SCC(=O)Nc2ccc(Br)cc2)NC(=O)C[C@H]1c1ccc(O)cc1. The Hall–Kier alpha value is -2.76. The Morgan fingerprint density at radius 3 is 2.57 bits per heavy atom. The molecule has 2 aromatic rings. The molecule has 3 N–H and O–H groups in total. The van der Waals surface area contributed by atoms with Gasteiger partial charge in [-0.1, -0.05) is 39.8 Å².